The summed E-state index contributed by atoms with van der Waals surface area (Å²) in [6.45, 7) is 0.266. The van der Waals surface area contributed by atoms with Crippen LogP contribution in [0, 0.1) is 0 Å². The summed E-state index contributed by atoms with van der Waals surface area (Å²) >= 11 is 8.91. The van der Waals surface area contributed by atoms with Crippen molar-refractivity contribution in [3.8, 4) is 0 Å². The summed E-state index contributed by atoms with van der Waals surface area (Å²) in [5, 5.41) is 3.75. The number of carbonyl (C=O) groups excluding carboxylic acids is 1. The molecule has 2 rings (SSSR count). The van der Waals surface area contributed by atoms with Crippen LogP contribution in [0.1, 0.15) is 0 Å². The van der Waals surface area contributed by atoms with Crippen LogP contribution in [-0.4, -0.2) is 12.6 Å². The monoisotopic (exact) mass is 287 g/mol. The summed E-state index contributed by atoms with van der Waals surface area (Å²) in [5.41, 5.74) is 1.59. The Hall–Kier alpha value is -1.000. The minimum absolute atomic E-state index is 0.266. The summed E-state index contributed by atoms with van der Waals surface area (Å²) < 4.78 is 5.27. The van der Waals surface area contributed by atoms with Crippen molar-refractivity contribution in [2.45, 2.75) is 0 Å². The van der Waals surface area contributed by atoms with E-state index >= 15 is 0 Å². The van der Waals surface area contributed by atoms with Crippen LogP contribution >= 0.6 is 27.5 Å². The first-order chi connectivity index (χ1) is 7.16. The Balaban J connectivity index is 2.16. The van der Waals surface area contributed by atoms with E-state index in [1.165, 1.54) is 0 Å². The number of hydrogen-bond donors (Lipinski definition) is 1. The minimum atomic E-state index is -0.341. The zero-order chi connectivity index (χ0) is 10.8. The molecule has 5 heteroatoms. The third kappa shape index (κ3) is 2.33. The summed E-state index contributed by atoms with van der Waals surface area (Å²) in [4.78, 5) is 11.0. The highest BCUT2D eigenvalue weighted by molar-refractivity contribution is 9.12. The number of hydrogen-bond acceptors (Lipinski definition) is 3. The Labute approximate surface area is 100 Å². The van der Waals surface area contributed by atoms with Crippen molar-refractivity contribution < 1.29 is 9.53 Å². The number of ether oxygens (including phenoxy) is 1. The topological polar surface area (TPSA) is 38.3 Å². The van der Waals surface area contributed by atoms with Crippen molar-refractivity contribution in [1.82, 2.24) is 0 Å². The number of anilines is 1. The molecule has 0 atom stereocenters. The maximum Gasteiger partial charge on any atom is 0.347 e. The maximum atomic E-state index is 11.0. The van der Waals surface area contributed by atoms with Gasteiger partial charge in [-0.05, 0) is 40.2 Å². The minimum Gasteiger partial charge on any atom is -0.455 e. The summed E-state index contributed by atoms with van der Waals surface area (Å²) in [6.07, 6.45) is 0. The molecule has 0 unspecified atom stereocenters. The van der Waals surface area contributed by atoms with Crippen LogP contribution in [0.15, 0.2) is 34.4 Å². The van der Waals surface area contributed by atoms with Crippen molar-refractivity contribution >= 4 is 39.2 Å². The van der Waals surface area contributed by atoms with Gasteiger partial charge in [0, 0.05) is 10.7 Å². The number of cyclic esters (lactones) is 1. The predicted molar refractivity (Wildman–Crippen MR) is 62.0 cm³/mol. The molecule has 1 aliphatic rings. The van der Waals surface area contributed by atoms with Crippen LogP contribution in [0.3, 0.4) is 0 Å². The second kappa shape index (κ2) is 4.24. The van der Waals surface area contributed by atoms with E-state index in [9.17, 15) is 4.79 Å². The molecule has 1 aliphatic heterocycles. The van der Waals surface area contributed by atoms with Crippen LogP contribution in [0.4, 0.5) is 5.69 Å². The Kier molecular flexibility index (Phi) is 2.98. The van der Waals surface area contributed by atoms with E-state index in [0.29, 0.717) is 9.51 Å². The van der Waals surface area contributed by atoms with Gasteiger partial charge in [-0.2, -0.15) is 0 Å². The van der Waals surface area contributed by atoms with E-state index in [1.54, 1.807) is 12.1 Å². The first kappa shape index (κ1) is 10.5. The number of benzene rings is 1. The molecule has 0 saturated heterocycles. The van der Waals surface area contributed by atoms with Crippen LogP contribution < -0.4 is 5.32 Å². The van der Waals surface area contributed by atoms with E-state index in [4.69, 9.17) is 16.3 Å². The Bertz CT molecular complexity index is 428. The Morgan fingerprint density at radius 2 is 2.00 bits per heavy atom. The van der Waals surface area contributed by atoms with Gasteiger partial charge in [0.05, 0.1) is 5.70 Å². The fourth-order valence-electron chi connectivity index (χ4n) is 1.19. The predicted octanol–water partition coefficient (Wildman–Crippen LogP) is 2.92. The van der Waals surface area contributed by atoms with Crippen molar-refractivity contribution in [2.75, 3.05) is 11.9 Å². The van der Waals surface area contributed by atoms with Crippen molar-refractivity contribution in [2.24, 2.45) is 0 Å². The number of halogens is 2. The van der Waals surface area contributed by atoms with Crippen LogP contribution in [0.5, 0.6) is 0 Å². The molecule has 0 saturated carbocycles. The average molecular weight is 289 g/mol. The van der Waals surface area contributed by atoms with E-state index in [1.807, 2.05) is 12.1 Å². The van der Waals surface area contributed by atoms with Gasteiger partial charge in [-0.3, -0.25) is 0 Å². The molecule has 15 heavy (non-hydrogen) atoms. The molecule has 0 aromatic heterocycles. The fraction of sp³-hybridized carbons (Fsp3) is 0.100. The number of nitrogens with one attached hydrogen (secondary N) is 1. The molecule has 0 bridgehead atoms. The molecule has 3 nitrogen and oxygen atoms in total. The van der Waals surface area contributed by atoms with Gasteiger partial charge in [0.1, 0.15) is 11.1 Å². The zero-order valence-corrected chi connectivity index (χ0v) is 9.93. The fourth-order valence-corrected chi connectivity index (χ4v) is 1.64. The highest BCUT2D eigenvalue weighted by atomic mass is 79.9. The molecule has 1 aromatic rings. The molecule has 1 N–H and O–H groups in total. The summed E-state index contributed by atoms with van der Waals surface area (Å²) in [6, 6.07) is 7.21. The maximum absolute atomic E-state index is 11.0. The van der Waals surface area contributed by atoms with Crippen LogP contribution in [0.2, 0.25) is 5.02 Å². The van der Waals surface area contributed by atoms with Crippen molar-refractivity contribution in [3.63, 3.8) is 0 Å². The second-order valence-electron chi connectivity index (χ2n) is 3.00. The molecular weight excluding hydrogens is 281 g/mol. The molecular formula is C10H7BrClNO2. The van der Waals surface area contributed by atoms with Crippen LogP contribution in [-0.2, 0) is 9.53 Å². The third-order valence-electron chi connectivity index (χ3n) is 1.93. The second-order valence-corrected chi connectivity index (χ2v) is 4.23. The Morgan fingerprint density at radius 1 is 1.33 bits per heavy atom. The van der Waals surface area contributed by atoms with Gasteiger partial charge < -0.3 is 10.1 Å². The normalized spacial score (nSPS) is 15.5. The van der Waals surface area contributed by atoms with Crippen molar-refractivity contribution in [3.05, 3.63) is 39.5 Å². The molecule has 1 heterocycles. The lowest BCUT2D eigenvalue weighted by molar-refractivity contribution is -0.135. The number of carbonyl (C=O) groups is 1. The van der Waals surface area contributed by atoms with E-state index in [0.717, 1.165) is 11.4 Å². The molecule has 0 radical (unpaired) electrons. The van der Waals surface area contributed by atoms with E-state index in [2.05, 4.69) is 21.2 Å². The standard InChI is InChI=1S/C10H7BrClNO2/c11-9-8(5-15-10(9)14)13-7-3-1-6(12)2-4-7/h1-4,13H,5H2. The summed E-state index contributed by atoms with van der Waals surface area (Å²) in [7, 11) is 0. The van der Waals surface area contributed by atoms with Crippen LogP contribution in [0.25, 0.3) is 0 Å². The average Bonchev–Trinajstić information content (AvgIpc) is 2.53. The molecule has 0 fully saturated rings. The quantitative estimate of drug-likeness (QED) is 0.850. The van der Waals surface area contributed by atoms with Gasteiger partial charge in [-0.15, -0.1) is 0 Å². The molecule has 0 spiro atoms. The Morgan fingerprint density at radius 3 is 2.53 bits per heavy atom. The molecule has 1 aromatic carbocycles. The largest absolute Gasteiger partial charge is 0.455 e. The van der Waals surface area contributed by atoms with Crippen molar-refractivity contribution in [1.29, 1.82) is 0 Å². The highest BCUT2D eigenvalue weighted by Crippen LogP contribution is 2.23. The van der Waals surface area contributed by atoms with Gasteiger partial charge in [0.2, 0.25) is 0 Å². The highest BCUT2D eigenvalue weighted by Gasteiger charge is 2.22. The SMILES string of the molecule is O=C1OCC(Nc2ccc(Cl)cc2)=C1Br. The first-order valence-electron chi connectivity index (χ1n) is 4.25. The summed E-state index contributed by atoms with van der Waals surface area (Å²) in [5.74, 6) is -0.341. The van der Waals surface area contributed by atoms with E-state index < -0.39 is 0 Å². The smallest absolute Gasteiger partial charge is 0.347 e. The van der Waals surface area contributed by atoms with Gasteiger partial charge in [-0.1, -0.05) is 11.6 Å². The number of rotatable bonds is 2. The molecule has 0 aliphatic carbocycles. The number of esters is 1. The molecule has 0 amide bonds. The lowest BCUT2D eigenvalue weighted by atomic mass is 10.3. The van der Waals surface area contributed by atoms with Gasteiger partial charge in [0.15, 0.2) is 0 Å². The lowest BCUT2D eigenvalue weighted by Crippen LogP contribution is -2.01. The van der Waals surface area contributed by atoms with Gasteiger partial charge in [0.25, 0.3) is 0 Å². The van der Waals surface area contributed by atoms with Gasteiger partial charge in [-0.25, -0.2) is 4.79 Å². The van der Waals surface area contributed by atoms with Gasteiger partial charge >= 0.3 is 5.97 Å². The third-order valence-corrected chi connectivity index (χ3v) is 2.99. The lowest BCUT2D eigenvalue weighted by Gasteiger charge is -2.05. The zero-order valence-electron chi connectivity index (χ0n) is 7.59. The first-order valence-corrected chi connectivity index (χ1v) is 5.42. The van der Waals surface area contributed by atoms with E-state index in [-0.39, 0.29) is 12.6 Å². The molecule has 78 valence electrons.